The summed E-state index contributed by atoms with van der Waals surface area (Å²) in [6.45, 7) is 1.50. The summed E-state index contributed by atoms with van der Waals surface area (Å²) in [5.74, 6) is -1.80. The molecule has 2 aliphatic rings. The Morgan fingerprint density at radius 2 is 1.89 bits per heavy atom. The zero-order chi connectivity index (χ0) is 27.1. The van der Waals surface area contributed by atoms with E-state index in [1.165, 1.54) is 24.0 Å². The second-order valence-corrected chi connectivity index (χ2v) is 8.43. The Hall–Kier alpha value is -4.12. The third-order valence-corrected chi connectivity index (χ3v) is 5.88. The fourth-order valence-electron chi connectivity index (χ4n) is 3.75. The highest BCUT2D eigenvalue weighted by Crippen LogP contribution is 2.35. The Bertz CT molecular complexity index is 1340. The molecule has 0 radical (unpaired) electrons. The van der Waals surface area contributed by atoms with Gasteiger partial charge >= 0.3 is 12.1 Å². The van der Waals surface area contributed by atoms with Gasteiger partial charge in [0, 0.05) is 24.9 Å². The number of allylic oxidation sites excluding steroid dienone is 2. The summed E-state index contributed by atoms with van der Waals surface area (Å²) in [6, 6.07) is 6.16. The number of alkyl halides is 3. The standard InChI is InChI=1S/C23H20F5N5O4/c1-12-17(18(35)29-22(2,11-34)20-30-31-21(37-20)23(26,27)28)33-9-5-8-16(19(33)32(12)3)36-10-13-14(24)6-4-7-15(13)25/h4,6-8,19,34H,10-11H2,1-3H3,(H,29,35). The van der Waals surface area contributed by atoms with Gasteiger partial charge in [-0.3, -0.25) is 9.69 Å². The number of aromatic nitrogens is 2. The zero-order valence-corrected chi connectivity index (χ0v) is 19.7. The SMILES string of the molecule is CC1=C(C(=O)NC(C)(CO)c2nnc(C(F)(F)F)o2)N2C#CC=C(OCc3c(F)cccc3F)C2N1C. The lowest BCUT2D eigenvalue weighted by atomic mass is 10.0. The van der Waals surface area contributed by atoms with Gasteiger partial charge < -0.3 is 24.5 Å². The van der Waals surface area contributed by atoms with Gasteiger partial charge in [0.15, 0.2) is 6.17 Å². The summed E-state index contributed by atoms with van der Waals surface area (Å²) in [5, 5.41) is 18.6. The number of aliphatic hydroxyl groups excluding tert-OH is 1. The molecular weight excluding hydrogens is 505 g/mol. The second kappa shape index (κ2) is 9.40. The number of likely N-dealkylation sites (N-methyl/N-ethyl adjacent to an activating group) is 1. The first-order chi connectivity index (χ1) is 17.4. The highest BCUT2D eigenvalue weighted by Gasteiger charge is 2.45. The van der Waals surface area contributed by atoms with Crippen molar-refractivity contribution in [3.63, 3.8) is 0 Å². The van der Waals surface area contributed by atoms with Crippen LogP contribution < -0.4 is 5.32 Å². The molecule has 3 heterocycles. The van der Waals surface area contributed by atoms with Gasteiger partial charge in [0.25, 0.3) is 5.91 Å². The average molecular weight is 525 g/mol. The van der Waals surface area contributed by atoms with Crippen molar-refractivity contribution in [1.82, 2.24) is 25.3 Å². The fourth-order valence-corrected chi connectivity index (χ4v) is 3.75. The molecule has 2 aliphatic heterocycles. The molecule has 0 spiro atoms. The van der Waals surface area contributed by atoms with Gasteiger partial charge in [-0.1, -0.05) is 6.07 Å². The molecule has 0 saturated heterocycles. The van der Waals surface area contributed by atoms with Crippen molar-refractivity contribution in [1.29, 1.82) is 0 Å². The third kappa shape index (κ3) is 4.69. The topological polar surface area (TPSA) is 104 Å². The average Bonchev–Trinajstić information content (AvgIpc) is 3.44. The molecule has 1 amide bonds. The molecule has 2 N–H and O–H groups in total. The minimum absolute atomic E-state index is 0.00140. The van der Waals surface area contributed by atoms with Crippen LogP contribution in [0.2, 0.25) is 0 Å². The summed E-state index contributed by atoms with van der Waals surface area (Å²) in [5.41, 5.74) is -1.75. The van der Waals surface area contributed by atoms with E-state index in [-0.39, 0.29) is 17.0 Å². The van der Waals surface area contributed by atoms with Crippen LogP contribution in [0.3, 0.4) is 0 Å². The Morgan fingerprint density at radius 1 is 1.24 bits per heavy atom. The first-order valence-electron chi connectivity index (χ1n) is 10.7. The number of rotatable bonds is 7. The number of ether oxygens (including phenoxy) is 1. The molecule has 0 fully saturated rings. The number of aliphatic hydroxyl groups is 1. The lowest BCUT2D eigenvalue weighted by Gasteiger charge is -2.32. The molecule has 1 aromatic heterocycles. The van der Waals surface area contributed by atoms with Gasteiger partial charge in [-0.25, -0.2) is 8.78 Å². The number of halogens is 5. The van der Waals surface area contributed by atoms with Crippen LogP contribution in [0.25, 0.3) is 0 Å². The van der Waals surface area contributed by atoms with Crippen LogP contribution in [0.15, 0.2) is 45.8 Å². The Labute approximate surface area is 207 Å². The first kappa shape index (κ1) is 26.0. The van der Waals surface area contributed by atoms with Crippen molar-refractivity contribution in [2.24, 2.45) is 0 Å². The van der Waals surface area contributed by atoms with E-state index < -0.39 is 60.4 Å². The predicted molar refractivity (Wildman–Crippen MR) is 115 cm³/mol. The summed E-state index contributed by atoms with van der Waals surface area (Å²) < 4.78 is 77.1. The molecule has 2 unspecified atom stereocenters. The molecule has 37 heavy (non-hydrogen) atoms. The molecule has 196 valence electrons. The lowest BCUT2D eigenvalue weighted by Crippen LogP contribution is -2.49. The van der Waals surface area contributed by atoms with E-state index in [0.29, 0.717) is 5.70 Å². The highest BCUT2D eigenvalue weighted by atomic mass is 19.4. The minimum Gasteiger partial charge on any atom is -0.488 e. The number of fused-ring (bicyclic) bond motifs is 1. The minimum atomic E-state index is -4.91. The van der Waals surface area contributed by atoms with Crippen LogP contribution in [-0.4, -0.2) is 50.8 Å². The quantitative estimate of drug-likeness (QED) is 0.420. The molecule has 2 aromatic rings. The molecule has 2 atom stereocenters. The van der Waals surface area contributed by atoms with Gasteiger partial charge in [-0.05, 0) is 31.9 Å². The number of amides is 1. The van der Waals surface area contributed by atoms with E-state index in [4.69, 9.17) is 4.74 Å². The van der Waals surface area contributed by atoms with Gasteiger partial charge in [0.1, 0.15) is 35.2 Å². The Balaban J connectivity index is 1.55. The van der Waals surface area contributed by atoms with Crippen LogP contribution in [0.4, 0.5) is 22.0 Å². The maximum absolute atomic E-state index is 14.0. The number of carbonyl (C=O) groups is 1. The molecule has 9 nitrogen and oxygen atoms in total. The van der Waals surface area contributed by atoms with Gasteiger partial charge in [-0.15, -0.1) is 10.2 Å². The molecule has 0 saturated carbocycles. The Kier molecular flexibility index (Phi) is 6.59. The highest BCUT2D eigenvalue weighted by molar-refractivity contribution is 5.95. The van der Waals surface area contributed by atoms with E-state index in [0.717, 1.165) is 12.1 Å². The fraction of sp³-hybridized carbons (Fsp3) is 0.348. The number of hydrogen-bond acceptors (Lipinski definition) is 8. The smallest absolute Gasteiger partial charge is 0.470 e. The van der Waals surface area contributed by atoms with Crippen molar-refractivity contribution < 1.29 is 41.0 Å². The van der Waals surface area contributed by atoms with E-state index in [9.17, 15) is 31.9 Å². The number of nitrogens with one attached hydrogen (secondary N) is 1. The lowest BCUT2D eigenvalue weighted by molar-refractivity contribution is -0.158. The number of carbonyl (C=O) groups excluding carboxylic acids is 1. The van der Waals surface area contributed by atoms with E-state index >= 15 is 0 Å². The third-order valence-electron chi connectivity index (χ3n) is 5.88. The van der Waals surface area contributed by atoms with Crippen molar-refractivity contribution in [3.05, 3.63) is 70.4 Å². The molecule has 0 aliphatic carbocycles. The summed E-state index contributed by atoms with van der Waals surface area (Å²) in [6.07, 6.45) is -4.29. The van der Waals surface area contributed by atoms with E-state index in [1.54, 1.807) is 18.9 Å². The van der Waals surface area contributed by atoms with Crippen molar-refractivity contribution in [2.45, 2.75) is 38.3 Å². The predicted octanol–water partition coefficient (Wildman–Crippen LogP) is 2.57. The monoisotopic (exact) mass is 525 g/mol. The maximum atomic E-state index is 14.0. The van der Waals surface area contributed by atoms with Crippen LogP contribution in [0.1, 0.15) is 31.2 Å². The second-order valence-electron chi connectivity index (χ2n) is 8.43. The first-order valence-corrected chi connectivity index (χ1v) is 10.7. The molecular formula is C23H20F5N5O4. The van der Waals surface area contributed by atoms with Crippen LogP contribution in [0, 0.1) is 23.6 Å². The molecule has 0 bridgehead atoms. The maximum Gasteiger partial charge on any atom is 0.470 e. The van der Waals surface area contributed by atoms with E-state index in [2.05, 4.69) is 31.9 Å². The number of hydrogen-bond donors (Lipinski definition) is 2. The van der Waals surface area contributed by atoms with Crippen LogP contribution in [0.5, 0.6) is 0 Å². The summed E-state index contributed by atoms with van der Waals surface area (Å²) in [4.78, 5) is 16.3. The molecule has 4 rings (SSSR count). The van der Waals surface area contributed by atoms with Crippen molar-refractivity contribution in [2.75, 3.05) is 13.7 Å². The zero-order valence-electron chi connectivity index (χ0n) is 19.7. The summed E-state index contributed by atoms with van der Waals surface area (Å²) in [7, 11) is 1.63. The molecule has 14 heteroatoms. The molecule has 1 aromatic carbocycles. The van der Waals surface area contributed by atoms with Gasteiger partial charge in [-0.2, -0.15) is 13.2 Å². The Morgan fingerprint density at radius 3 is 2.49 bits per heavy atom. The van der Waals surface area contributed by atoms with Crippen molar-refractivity contribution >= 4 is 5.91 Å². The van der Waals surface area contributed by atoms with Crippen molar-refractivity contribution in [3.8, 4) is 12.0 Å². The number of benzene rings is 1. The van der Waals surface area contributed by atoms with Gasteiger partial charge in [0.05, 0.1) is 12.2 Å². The van der Waals surface area contributed by atoms with Crippen LogP contribution >= 0.6 is 0 Å². The van der Waals surface area contributed by atoms with Gasteiger partial charge in [0.2, 0.25) is 5.89 Å². The van der Waals surface area contributed by atoms with Crippen LogP contribution in [-0.2, 0) is 27.9 Å². The van der Waals surface area contributed by atoms with E-state index in [1.807, 2.05) is 0 Å². The largest absolute Gasteiger partial charge is 0.488 e. The number of nitrogens with zero attached hydrogens (tertiary/aromatic N) is 4. The normalized spacial score (nSPS) is 18.6. The summed E-state index contributed by atoms with van der Waals surface area (Å²) >= 11 is 0.